The first-order valence-electron chi connectivity index (χ1n) is 6.19. The summed E-state index contributed by atoms with van der Waals surface area (Å²) in [5.74, 6) is -2.03. The van der Waals surface area contributed by atoms with Gasteiger partial charge in [-0.15, -0.1) is 4.72 Å². The normalized spacial score (nSPS) is 16.6. The molecule has 2 atom stereocenters. The van der Waals surface area contributed by atoms with Crippen molar-refractivity contribution < 1.29 is 18.1 Å². The second-order valence-corrected chi connectivity index (χ2v) is 7.75. The first kappa shape index (κ1) is 17.1. The Morgan fingerprint density at radius 3 is 2.40 bits per heavy atom. The first-order valence-corrected chi connectivity index (χ1v) is 7.34. The molecule has 0 saturated carbocycles. The second-order valence-electron chi connectivity index (χ2n) is 5.79. The number of nitrogens with one attached hydrogen (secondary N) is 1. The summed E-state index contributed by atoms with van der Waals surface area (Å²) in [7, 11) is 0. The third kappa shape index (κ3) is 3.77. The van der Waals surface area contributed by atoms with Gasteiger partial charge in [0.1, 0.15) is 11.0 Å². The molecule has 0 amide bonds. The highest BCUT2D eigenvalue weighted by molar-refractivity contribution is 7.90. The Kier molecular flexibility index (Phi) is 5.29. The highest BCUT2D eigenvalue weighted by Crippen LogP contribution is 2.30. The number of halogens is 2. The summed E-state index contributed by atoms with van der Waals surface area (Å²) >= 11 is -1.52. The average Bonchev–Trinajstić information content (AvgIpc) is 2.31. The lowest BCUT2D eigenvalue weighted by atomic mass is 9.90. The summed E-state index contributed by atoms with van der Waals surface area (Å²) in [5, 5.41) is 0. The predicted octanol–water partition coefficient (Wildman–Crippen LogP) is 2.82. The summed E-state index contributed by atoms with van der Waals surface area (Å²) in [6.45, 7) is 6.78. The number of carbonyl (C=O) groups excluding carboxylic acids is 1. The van der Waals surface area contributed by atoms with Crippen molar-refractivity contribution in [1.29, 1.82) is 0 Å². The van der Waals surface area contributed by atoms with Gasteiger partial charge in [0.05, 0.1) is 5.54 Å². The van der Waals surface area contributed by atoms with Crippen molar-refractivity contribution in [3.63, 3.8) is 0 Å². The van der Waals surface area contributed by atoms with Gasteiger partial charge in [-0.3, -0.25) is 0 Å². The molecular formula is C14H19F2NO2S. The molecule has 20 heavy (non-hydrogen) atoms. The number of benzene rings is 1. The Balaban J connectivity index is 3.21. The van der Waals surface area contributed by atoms with E-state index < -0.39 is 33.3 Å². The molecule has 0 saturated heterocycles. The van der Waals surface area contributed by atoms with E-state index in [1.807, 2.05) is 0 Å². The molecule has 6 heteroatoms. The fourth-order valence-electron chi connectivity index (χ4n) is 1.66. The summed E-state index contributed by atoms with van der Waals surface area (Å²) in [5.41, 5.74) is -1.24. The third-order valence-electron chi connectivity index (χ3n) is 2.91. The first-order chi connectivity index (χ1) is 9.12. The van der Waals surface area contributed by atoms with E-state index in [2.05, 4.69) is 4.72 Å². The monoisotopic (exact) mass is 303 g/mol. The standard InChI is InChI=1S/C14H19F2NO2S/c1-13(2,3)20(19)17-14(4,8-9-18)10-6-5-7-11(15)12(10)16/h5-7,9,17H,8H2,1-4H3/t14-,20?/m1/s1. The van der Waals surface area contributed by atoms with Gasteiger partial charge in [0.2, 0.25) is 0 Å². The molecule has 0 radical (unpaired) electrons. The SMILES string of the molecule is CC(C)(C)[S+]([O-])N[C@](C)(CC=O)c1cccc(F)c1F. The molecule has 0 aliphatic heterocycles. The number of carbonyl (C=O) groups is 1. The fraction of sp³-hybridized carbons (Fsp3) is 0.500. The number of hydrogen-bond acceptors (Lipinski definition) is 3. The highest BCUT2D eigenvalue weighted by atomic mass is 32.2. The minimum absolute atomic E-state index is 0.0119. The quantitative estimate of drug-likeness (QED) is 0.672. The lowest BCUT2D eigenvalue weighted by Crippen LogP contribution is -2.50. The maximum absolute atomic E-state index is 13.9. The van der Waals surface area contributed by atoms with Crippen molar-refractivity contribution in [3.8, 4) is 0 Å². The molecule has 0 aliphatic rings. The van der Waals surface area contributed by atoms with Gasteiger partial charge in [-0.1, -0.05) is 12.1 Å². The van der Waals surface area contributed by atoms with Gasteiger partial charge in [0.25, 0.3) is 0 Å². The van der Waals surface area contributed by atoms with Crippen molar-refractivity contribution >= 4 is 17.6 Å². The van der Waals surface area contributed by atoms with E-state index >= 15 is 0 Å². The molecule has 0 aromatic heterocycles. The Bertz CT molecular complexity index is 491. The van der Waals surface area contributed by atoms with Gasteiger partial charge < -0.3 is 9.35 Å². The van der Waals surface area contributed by atoms with Crippen LogP contribution in [0.25, 0.3) is 0 Å². The van der Waals surface area contributed by atoms with Crippen LogP contribution in [-0.4, -0.2) is 15.6 Å². The molecule has 0 fully saturated rings. The van der Waals surface area contributed by atoms with Crippen LogP contribution in [0.4, 0.5) is 8.78 Å². The van der Waals surface area contributed by atoms with E-state index in [1.165, 1.54) is 19.1 Å². The van der Waals surface area contributed by atoms with Crippen LogP contribution >= 0.6 is 0 Å². The van der Waals surface area contributed by atoms with E-state index in [9.17, 15) is 18.1 Å². The molecule has 1 aromatic rings. The molecule has 1 rings (SSSR count). The molecule has 112 valence electrons. The van der Waals surface area contributed by atoms with E-state index in [0.29, 0.717) is 6.29 Å². The molecule has 1 N–H and O–H groups in total. The zero-order valence-corrected chi connectivity index (χ0v) is 12.8. The van der Waals surface area contributed by atoms with Crippen molar-refractivity contribution in [2.24, 2.45) is 0 Å². The van der Waals surface area contributed by atoms with Crippen molar-refractivity contribution in [1.82, 2.24) is 4.72 Å². The van der Waals surface area contributed by atoms with Crippen LogP contribution in [0.1, 0.15) is 39.7 Å². The van der Waals surface area contributed by atoms with E-state index in [0.717, 1.165) is 6.07 Å². The molecule has 1 unspecified atom stereocenters. The molecule has 0 spiro atoms. The number of hydrogen-bond donors (Lipinski definition) is 1. The zero-order valence-electron chi connectivity index (χ0n) is 12.0. The Morgan fingerprint density at radius 1 is 1.30 bits per heavy atom. The summed E-state index contributed by atoms with van der Waals surface area (Å²) in [4.78, 5) is 10.9. The highest BCUT2D eigenvalue weighted by Gasteiger charge is 2.39. The smallest absolute Gasteiger partial charge is 0.164 e. The van der Waals surface area contributed by atoms with Crippen LogP contribution in [0.2, 0.25) is 0 Å². The van der Waals surface area contributed by atoms with Gasteiger partial charge in [-0.2, -0.15) is 0 Å². The van der Waals surface area contributed by atoms with Crippen molar-refractivity contribution in [3.05, 3.63) is 35.4 Å². The minimum atomic E-state index is -1.52. The van der Waals surface area contributed by atoms with Crippen molar-refractivity contribution in [2.75, 3.05) is 0 Å². The average molecular weight is 303 g/mol. The molecule has 3 nitrogen and oxygen atoms in total. The summed E-state index contributed by atoms with van der Waals surface area (Å²) < 4.78 is 41.6. The van der Waals surface area contributed by atoms with Gasteiger partial charge >= 0.3 is 0 Å². The fourth-order valence-corrected chi connectivity index (χ4v) is 2.57. The molecule has 0 bridgehead atoms. The largest absolute Gasteiger partial charge is 0.598 e. The molecule has 0 heterocycles. The van der Waals surface area contributed by atoms with Crippen LogP contribution in [0.15, 0.2) is 18.2 Å². The van der Waals surface area contributed by atoms with Gasteiger partial charge in [-0.05, 0) is 33.8 Å². The number of rotatable bonds is 5. The zero-order chi connectivity index (χ0) is 15.6. The van der Waals surface area contributed by atoms with Crippen LogP contribution in [-0.2, 0) is 21.7 Å². The van der Waals surface area contributed by atoms with Crippen molar-refractivity contribution in [2.45, 2.75) is 44.4 Å². The minimum Gasteiger partial charge on any atom is -0.598 e. The van der Waals surface area contributed by atoms with Crippen LogP contribution in [0.3, 0.4) is 0 Å². The van der Waals surface area contributed by atoms with Gasteiger partial charge in [0, 0.05) is 23.3 Å². The predicted molar refractivity (Wildman–Crippen MR) is 75.4 cm³/mol. The van der Waals surface area contributed by atoms with E-state index in [-0.39, 0.29) is 12.0 Å². The van der Waals surface area contributed by atoms with Crippen LogP contribution in [0.5, 0.6) is 0 Å². The number of aldehydes is 1. The maximum atomic E-state index is 13.9. The van der Waals surface area contributed by atoms with E-state index in [4.69, 9.17) is 0 Å². The lowest BCUT2D eigenvalue weighted by molar-refractivity contribution is -0.108. The maximum Gasteiger partial charge on any atom is 0.164 e. The van der Waals surface area contributed by atoms with Gasteiger partial charge in [0.15, 0.2) is 11.6 Å². The molecular weight excluding hydrogens is 284 g/mol. The van der Waals surface area contributed by atoms with Crippen LogP contribution < -0.4 is 4.72 Å². The third-order valence-corrected chi connectivity index (χ3v) is 4.66. The van der Waals surface area contributed by atoms with Gasteiger partial charge in [-0.25, -0.2) is 8.78 Å². The van der Waals surface area contributed by atoms with E-state index in [1.54, 1.807) is 20.8 Å². The summed E-state index contributed by atoms with van der Waals surface area (Å²) in [6.07, 6.45) is 0.479. The molecule has 0 aliphatic carbocycles. The topological polar surface area (TPSA) is 52.2 Å². The Hall–Kier alpha value is -0.980. The lowest BCUT2D eigenvalue weighted by Gasteiger charge is -2.34. The summed E-state index contributed by atoms with van der Waals surface area (Å²) in [6, 6.07) is 3.74. The second kappa shape index (κ2) is 6.20. The Morgan fingerprint density at radius 2 is 1.90 bits per heavy atom. The molecule has 1 aromatic carbocycles. The Labute approximate surface area is 121 Å². The van der Waals surface area contributed by atoms with Crippen LogP contribution in [0, 0.1) is 11.6 Å².